The Morgan fingerprint density at radius 1 is 1.08 bits per heavy atom. The number of rotatable bonds is 4. The summed E-state index contributed by atoms with van der Waals surface area (Å²) in [5.74, 6) is -0.623. The zero-order valence-corrected chi connectivity index (χ0v) is 15.4. The first kappa shape index (κ1) is 20.2. The fraction of sp³-hybridized carbons (Fsp3) is 0.812. The first-order valence-electron chi connectivity index (χ1n) is 8.11. The largest absolute Gasteiger partial charge is 0.444 e. The second-order valence-electron chi connectivity index (χ2n) is 7.38. The summed E-state index contributed by atoms with van der Waals surface area (Å²) >= 11 is 0. The molecule has 0 bridgehead atoms. The van der Waals surface area contributed by atoms with Crippen LogP contribution in [0.5, 0.6) is 0 Å². The highest BCUT2D eigenvalue weighted by Gasteiger charge is 2.34. The van der Waals surface area contributed by atoms with Gasteiger partial charge in [-0.2, -0.15) is 0 Å². The van der Waals surface area contributed by atoms with Crippen molar-refractivity contribution < 1.29 is 23.9 Å². The van der Waals surface area contributed by atoms with Crippen LogP contribution in [0.3, 0.4) is 0 Å². The molecule has 0 aliphatic carbocycles. The third-order valence-electron chi connectivity index (χ3n) is 3.42. The number of nitrogens with one attached hydrogen (secondary N) is 2. The summed E-state index contributed by atoms with van der Waals surface area (Å²) in [5, 5.41) is 5.16. The summed E-state index contributed by atoms with van der Waals surface area (Å²) in [6.45, 7) is 12.0. The van der Waals surface area contributed by atoms with Gasteiger partial charge >= 0.3 is 6.09 Å². The van der Waals surface area contributed by atoms with Crippen molar-refractivity contribution >= 4 is 17.9 Å². The van der Waals surface area contributed by atoms with Crippen molar-refractivity contribution in [3.05, 3.63) is 0 Å². The molecule has 1 rings (SSSR count). The Morgan fingerprint density at radius 3 is 2.12 bits per heavy atom. The van der Waals surface area contributed by atoms with Gasteiger partial charge in [-0.05, 0) is 41.5 Å². The molecule has 1 heterocycles. The smallest absolute Gasteiger partial charge is 0.408 e. The predicted molar refractivity (Wildman–Crippen MR) is 88.5 cm³/mol. The van der Waals surface area contributed by atoms with E-state index in [9.17, 15) is 14.4 Å². The molecule has 0 saturated carbocycles. The lowest BCUT2D eigenvalue weighted by atomic mass is 10.0. The van der Waals surface area contributed by atoms with Crippen molar-refractivity contribution in [2.45, 2.75) is 58.7 Å². The average Bonchev–Trinajstić information content (AvgIpc) is 2.44. The molecule has 138 valence electrons. The van der Waals surface area contributed by atoms with Gasteiger partial charge in [-0.25, -0.2) is 4.79 Å². The van der Waals surface area contributed by atoms with Gasteiger partial charge in [0.2, 0.25) is 11.8 Å². The molecule has 2 N–H and O–H groups in total. The molecule has 1 fully saturated rings. The van der Waals surface area contributed by atoms with Crippen molar-refractivity contribution in [3.63, 3.8) is 0 Å². The van der Waals surface area contributed by atoms with Crippen LogP contribution in [0.15, 0.2) is 0 Å². The molecule has 24 heavy (non-hydrogen) atoms. The molecule has 0 spiro atoms. The van der Waals surface area contributed by atoms with Gasteiger partial charge in [0.05, 0.1) is 13.2 Å². The van der Waals surface area contributed by atoms with Crippen LogP contribution >= 0.6 is 0 Å². The van der Waals surface area contributed by atoms with Crippen LogP contribution in [0, 0.1) is 0 Å². The van der Waals surface area contributed by atoms with Gasteiger partial charge < -0.3 is 25.0 Å². The fourth-order valence-corrected chi connectivity index (χ4v) is 2.11. The van der Waals surface area contributed by atoms with Gasteiger partial charge in [0.15, 0.2) is 0 Å². The van der Waals surface area contributed by atoms with E-state index in [0.717, 1.165) is 0 Å². The molecule has 1 atom stereocenters. The molecule has 0 aromatic rings. The number of carbonyl (C=O) groups excluding carboxylic acids is 3. The minimum Gasteiger partial charge on any atom is -0.444 e. The number of carbonyl (C=O) groups is 3. The van der Waals surface area contributed by atoms with Crippen LogP contribution < -0.4 is 10.6 Å². The Labute approximate surface area is 143 Å². The number of alkyl carbamates (subject to hydrolysis) is 1. The maximum atomic E-state index is 12.4. The lowest BCUT2D eigenvalue weighted by molar-refractivity contribution is -0.140. The molecule has 0 aromatic heterocycles. The second-order valence-corrected chi connectivity index (χ2v) is 7.38. The molecule has 8 heteroatoms. The number of hydrogen-bond donors (Lipinski definition) is 2. The van der Waals surface area contributed by atoms with Gasteiger partial charge in [-0.1, -0.05) is 0 Å². The van der Waals surface area contributed by atoms with E-state index in [-0.39, 0.29) is 5.91 Å². The lowest BCUT2D eigenvalue weighted by Gasteiger charge is -2.32. The number of nitrogens with zero attached hydrogens (tertiary/aromatic N) is 1. The molecular formula is C16H29N3O5. The molecule has 0 unspecified atom stereocenters. The molecule has 3 amide bonds. The Hall–Kier alpha value is -1.83. The quantitative estimate of drug-likeness (QED) is 0.781. The van der Waals surface area contributed by atoms with E-state index in [1.165, 1.54) is 0 Å². The molecule has 0 radical (unpaired) electrons. The first-order chi connectivity index (χ1) is 10.9. The summed E-state index contributed by atoms with van der Waals surface area (Å²) in [5.41, 5.74) is -1.86. The standard InChI is InChI=1S/C16H29N3O5/c1-11(12(20)19-7-9-23-10-8-19)17-13(21)16(5,6)18-14(22)24-15(2,3)4/h11H,7-10H2,1-6H3,(H,17,21)(H,18,22)/t11-/m1/s1. The Morgan fingerprint density at radius 2 is 1.62 bits per heavy atom. The Balaban J connectivity index is 2.57. The third kappa shape index (κ3) is 6.35. The average molecular weight is 343 g/mol. The highest BCUT2D eigenvalue weighted by Crippen LogP contribution is 2.10. The maximum absolute atomic E-state index is 12.4. The van der Waals surface area contributed by atoms with Gasteiger partial charge in [0.25, 0.3) is 0 Å². The van der Waals surface area contributed by atoms with Crippen LogP contribution in [0.1, 0.15) is 41.5 Å². The van der Waals surface area contributed by atoms with Crippen LogP contribution in [0.4, 0.5) is 4.79 Å². The van der Waals surface area contributed by atoms with Gasteiger partial charge in [0, 0.05) is 13.1 Å². The molecule has 1 aliphatic heterocycles. The predicted octanol–water partition coefficient (Wildman–Crippen LogP) is 0.653. The topological polar surface area (TPSA) is 97.0 Å². The van der Waals surface area contributed by atoms with Crippen molar-refractivity contribution in [2.75, 3.05) is 26.3 Å². The molecule has 1 saturated heterocycles. The zero-order valence-electron chi connectivity index (χ0n) is 15.4. The van der Waals surface area contributed by atoms with Crippen LogP contribution in [-0.2, 0) is 19.1 Å². The number of hydrogen-bond acceptors (Lipinski definition) is 5. The van der Waals surface area contributed by atoms with Gasteiger partial charge in [0.1, 0.15) is 17.2 Å². The maximum Gasteiger partial charge on any atom is 0.408 e. The summed E-state index contributed by atoms with van der Waals surface area (Å²) in [7, 11) is 0. The van der Waals surface area contributed by atoms with E-state index >= 15 is 0 Å². The highest BCUT2D eigenvalue weighted by atomic mass is 16.6. The van der Waals surface area contributed by atoms with Gasteiger partial charge in [-0.15, -0.1) is 0 Å². The monoisotopic (exact) mass is 343 g/mol. The van der Waals surface area contributed by atoms with Crippen LogP contribution in [-0.4, -0.2) is 66.3 Å². The molecular weight excluding hydrogens is 314 g/mol. The number of ether oxygens (including phenoxy) is 2. The molecule has 8 nitrogen and oxygen atoms in total. The van der Waals surface area contributed by atoms with Crippen LogP contribution in [0.2, 0.25) is 0 Å². The Kier molecular flexibility index (Phi) is 6.59. The molecule has 1 aliphatic rings. The van der Waals surface area contributed by atoms with E-state index in [1.807, 2.05) is 0 Å². The minimum atomic E-state index is -1.21. The Bertz CT molecular complexity index is 479. The summed E-state index contributed by atoms with van der Waals surface area (Å²) in [6, 6.07) is -0.685. The first-order valence-corrected chi connectivity index (χ1v) is 8.11. The fourth-order valence-electron chi connectivity index (χ4n) is 2.11. The summed E-state index contributed by atoms with van der Waals surface area (Å²) < 4.78 is 10.4. The summed E-state index contributed by atoms with van der Waals surface area (Å²) in [4.78, 5) is 38.2. The highest BCUT2D eigenvalue weighted by molar-refractivity contribution is 5.93. The van der Waals surface area contributed by atoms with E-state index in [4.69, 9.17) is 9.47 Å². The van der Waals surface area contributed by atoms with Crippen molar-refractivity contribution in [3.8, 4) is 0 Å². The van der Waals surface area contributed by atoms with E-state index in [2.05, 4.69) is 10.6 Å². The summed E-state index contributed by atoms with van der Waals surface area (Å²) in [6.07, 6.45) is -0.685. The molecule has 0 aromatic carbocycles. The lowest BCUT2D eigenvalue weighted by Crippen LogP contribution is -2.59. The van der Waals surface area contributed by atoms with Gasteiger partial charge in [-0.3, -0.25) is 9.59 Å². The second kappa shape index (κ2) is 7.83. The zero-order chi connectivity index (χ0) is 18.5. The normalized spacial score (nSPS) is 17.0. The van der Waals surface area contributed by atoms with E-state index < -0.39 is 29.2 Å². The number of morpholine rings is 1. The van der Waals surface area contributed by atoms with Crippen LogP contribution in [0.25, 0.3) is 0 Å². The van der Waals surface area contributed by atoms with Crippen molar-refractivity contribution in [1.29, 1.82) is 0 Å². The SMILES string of the molecule is C[C@@H](NC(=O)C(C)(C)NC(=O)OC(C)(C)C)C(=O)N1CCOCC1. The minimum absolute atomic E-state index is 0.167. The van der Waals surface area contributed by atoms with Crippen molar-refractivity contribution in [1.82, 2.24) is 15.5 Å². The van der Waals surface area contributed by atoms with Crippen molar-refractivity contribution in [2.24, 2.45) is 0 Å². The van der Waals surface area contributed by atoms with E-state index in [0.29, 0.717) is 26.3 Å². The van der Waals surface area contributed by atoms with E-state index in [1.54, 1.807) is 46.4 Å². The third-order valence-corrected chi connectivity index (χ3v) is 3.42. The number of amides is 3.